The molecular formula is C21H24N6O2. The number of nitrogens with zero attached hydrogens (tertiary/aromatic N) is 4. The molecule has 0 unspecified atom stereocenters. The van der Waals surface area contributed by atoms with E-state index in [0.29, 0.717) is 11.7 Å². The number of ether oxygens (including phenoxy) is 1. The maximum atomic E-state index is 12.5. The molecule has 0 spiro atoms. The van der Waals surface area contributed by atoms with Crippen molar-refractivity contribution in [2.45, 2.75) is 19.3 Å². The van der Waals surface area contributed by atoms with Crippen molar-refractivity contribution in [2.75, 3.05) is 25.5 Å². The molecule has 0 aliphatic carbocycles. The zero-order chi connectivity index (χ0) is 20.1. The molecule has 0 radical (unpaired) electrons. The van der Waals surface area contributed by atoms with Gasteiger partial charge in [-0.15, -0.1) is 0 Å². The minimum absolute atomic E-state index is 0.0618. The lowest BCUT2D eigenvalue weighted by atomic mass is 9.93. The van der Waals surface area contributed by atoms with E-state index in [2.05, 4.69) is 25.5 Å². The Morgan fingerprint density at radius 3 is 2.59 bits per heavy atom. The number of urea groups is 1. The van der Waals surface area contributed by atoms with Crippen molar-refractivity contribution in [2.24, 2.45) is 5.92 Å². The molecule has 3 aromatic rings. The molecule has 1 fully saturated rings. The number of H-pyrrole nitrogens is 1. The van der Waals surface area contributed by atoms with Crippen LogP contribution in [0.4, 0.5) is 10.5 Å². The van der Waals surface area contributed by atoms with Crippen LogP contribution in [0, 0.1) is 5.92 Å². The highest BCUT2D eigenvalue weighted by Gasteiger charge is 2.24. The molecule has 1 aromatic carbocycles. The first kappa shape index (κ1) is 18.9. The molecule has 8 heteroatoms. The fourth-order valence-corrected chi connectivity index (χ4v) is 3.51. The van der Waals surface area contributed by atoms with E-state index in [9.17, 15) is 4.79 Å². The number of rotatable bonds is 5. The van der Waals surface area contributed by atoms with Crippen molar-refractivity contribution in [3.8, 4) is 17.1 Å². The minimum atomic E-state index is -0.0618. The van der Waals surface area contributed by atoms with Gasteiger partial charge in [-0.1, -0.05) is 0 Å². The lowest BCUT2D eigenvalue weighted by Gasteiger charge is -2.31. The molecule has 150 valence electrons. The lowest BCUT2D eigenvalue weighted by Crippen LogP contribution is -2.41. The van der Waals surface area contributed by atoms with Gasteiger partial charge in [0.15, 0.2) is 5.82 Å². The van der Waals surface area contributed by atoms with Gasteiger partial charge in [0.05, 0.1) is 7.11 Å². The Balaban J connectivity index is 1.27. The average Bonchev–Trinajstić information content (AvgIpc) is 3.24. The number of methoxy groups -OCH3 is 1. The zero-order valence-electron chi connectivity index (χ0n) is 16.3. The van der Waals surface area contributed by atoms with Crippen molar-refractivity contribution in [1.29, 1.82) is 0 Å². The number of likely N-dealkylation sites (tertiary alicyclic amines) is 1. The summed E-state index contributed by atoms with van der Waals surface area (Å²) in [6.07, 6.45) is 6.20. The third kappa shape index (κ3) is 4.71. The van der Waals surface area contributed by atoms with Gasteiger partial charge in [0.1, 0.15) is 11.6 Å². The summed E-state index contributed by atoms with van der Waals surface area (Å²) >= 11 is 0. The number of hydrogen-bond donors (Lipinski definition) is 2. The number of hydrogen-bond acceptors (Lipinski definition) is 5. The van der Waals surface area contributed by atoms with E-state index in [1.165, 1.54) is 0 Å². The largest absolute Gasteiger partial charge is 0.497 e. The minimum Gasteiger partial charge on any atom is -0.497 e. The first-order valence-corrected chi connectivity index (χ1v) is 9.73. The summed E-state index contributed by atoms with van der Waals surface area (Å²) in [6.45, 7) is 1.47. The molecule has 2 amide bonds. The van der Waals surface area contributed by atoms with Crippen LogP contribution >= 0.6 is 0 Å². The SMILES string of the molecule is COc1ccc(NC(=O)N2CCC(Cc3nc(-c4ccncc4)n[nH]3)CC2)cc1. The van der Waals surface area contributed by atoms with Crippen LogP contribution in [0.5, 0.6) is 5.75 Å². The van der Waals surface area contributed by atoms with Crippen LogP contribution in [0.25, 0.3) is 11.4 Å². The molecular weight excluding hydrogens is 368 g/mol. The maximum Gasteiger partial charge on any atom is 0.321 e. The second kappa shape index (κ2) is 8.72. The maximum absolute atomic E-state index is 12.5. The van der Waals surface area contributed by atoms with E-state index in [1.807, 2.05) is 41.3 Å². The summed E-state index contributed by atoms with van der Waals surface area (Å²) in [5, 5.41) is 10.3. The van der Waals surface area contributed by atoms with Gasteiger partial charge >= 0.3 is 6.03 Å². The number of anilines is 1. The van der Waals surface area contributed by atoms with E-state index in [1.54, 1.807) is 19.5 Å². The number of benzene rings is 1. The molecule has 3 heterocycles. The highest BCUT2D eigenvalue weighted by atomic mass is 16.5. The summed E-state index contributed by atoms with van der Waals surface area (Å²) in [7, 11) is 1.62. The molecule has 0 saturated carbocycles. The summed E-state index contributed by atoms with van der Waals surface area (Å²) in [5.74, 6) is 2.83. The molecule has 8 nitrogen and oxygen atoms in total. The first-order chi connectivity index (χ1) is 14.2. The highest BCUT2D eigenvalue weighted by molar-refractivity contribution is 5.89. The Hall–Kier alpha value is -3.42. The predicted molar refractivity (Wildman–Crippen MR) is 110 cm³/mol. The van der Waals surface area contributed by atoms with Crippen LogP contribution in [0.1, 0.15) is 18.7 Å². The molecule has 4 rings (SSSR count). The summed E-state index contributed by atoms with van der Waals surface area (Å²) in [4.78, 5) is 23.0. The lowest BCUT2D eigenvalue weighted by molar-refractivity contribution is 0.182. The third-order valence-electron chi connectivity index (χ3n) is 5.20. The van der Waals surface area contributed by atoms with Crippen LogP contribution in [-0.4, -0.2) is 51.3 Å². The van der Waals surface area contributed by atoms with Gasteiger partial charge in [-0.05, 0) is 55.2 Å². The van der Waals surface area contributed by atoms with Crippen molar-refractivity contribution in [1.82, 2.24) is 25.1 Å². The second-order valence-electron chi connectivity index (χ2n) is 7.13. The van der Waals surface area contributed by atoms with Crippen LogP contribution in [0.3, 0.4) is 0 Å². The van der Waals surface area contributed by atoms with E-state index < -0.39 is 0 Å². The molecule has 1 saturated heterocycles. The van der Waals surface area contributed by atoms with E-state index in [4.69, 9.17) is 4.74 Å². The number of piperidine rings is 1. The van der Waals surface area contributed by atoms with Crippen LogP contribution < -0.4 is 10.1 Å². The summed E-state index contributed by atoms with van der Waals surface area (Å²) in [6, 6.07) is 11.1. The number of carbonyl (C=O) groups excluding carboxylic acids is 1. The van der Waals surface area contributed by atoms with E-state index in [-0.39, 0.29) is 6.03 Å². The average molecular weight is 392 g/mol. The van der Waals surface area contributed by atoms with Crippen LogP contribution in [0.2, 0.25) is 0 Å². The zero-order valence-corrected chi connectivity index (χ0v) is 16.3. The summed E-state index contributed by atoms with van der Waals surface area (Å²) in [5.41, 5.74) is 1.72. The number of aromatic nitrogens is 4. The van der Waals surface area contributed by atoms with Gasteiger partial charge < -0.3 is 15.0 Å². The Labute approximate surface area is 169 Å². The van der Waals surface area contributed by atoms with Gasteiger partial charge in [0.2, 0.25) is 0 Å². The standard InChI is InChI=1S/C21H24N6O2/c1-29-18-4-2-17(3-5-18)23-21(28)27-12-8-15(9-13-27)14-19-24-20(26-25-19)16-6-10-22-11-7-16/h2-7,10-11,15H,8-9,12-14H2,1H3,(H,23,28)(H,24,25,26). The van der Waals surface area contributed by atoms with E-state index >= 15 is 0 Å². The Morgan fingerprint density at radius 2 is 1.90 bits per heavy atom. The monoisotopic (exact) mass is 392 g/mol. The normalized spacial score (nSPS) is 14.6. The van der Waals surface area contributed by atoms with Crippen molar-refractivity contribution in [3.05, 3.63) is 54.6 Å². The van der Waals surface area contributed by atoms with Gasteiger partial charge in [0.25, 0.3) is 0 Å². The van der Waals surface area contributed by atoms with Gasteiger partial charge in [0, 0.05) is 43.2 Å². The Bertz CT molecular complexity index is 933. The molecule has 0 bridgehead atoms. The molecule has 2 aromatic heterocycles. The molecule has 1 aliphatic rings. The Kier molecular flexibility index (Phi) is 5.69. The molecule has 0 atom stereocenters. The van der Waals surface area contributed by atoms with Crippen molar-refractivity contribution < 1.29 is 9.53 Å². The number of amides is 2. The highest BCUT2D eigenvalue weighted by Crippen LogP contribution is 2.23. The van der Waals surface area contributed by atoms with Gasteiger partial charge in [-0.3, -0.25) is 10.1 Å². The topological polar surface area (TPSA) is 96.0 Å². The number of nitrogens with one attached hydrogen (secondary N) is 2. The molecule has 1 aliphatic heterocycles. The second-order valence-corrected chi connectivity index (χ2v) is 7.13. The number of aromatic amines is 1. The van der Waals surface area contributed by atoms with Crippen molar-refractivity contribution >= 4 is 11.7 Å². The first-order valence-electron chi connectivity index (χ1n) is 9.73. The fourth-order valence-electron chi connectivity index (χ4n) is 3.51. The quantitative estimate of drug-likeness (QED) is 0.694. The summed E-state index contributed by atoms with van der Waals surface area (Å²) < 4.78 is 5.14. The van der Waals surface area contributed by atoms with Crippen LogP contribution in [-0.2, 0) is 6.42 Å². The molecule has 2 N–H and O–H groups in total. The smallest absolute Gasteiger partial charge is 0.321 e. The molecule has 29 heavy (non-hydrogen) atoms. The van der Waals surface area contributed by atoms with Crippen molar-refractivity contribution in [3.63, 3.8) is 0 Å². The third-order valence-corrected chi connectivity index (χ3v) is 5.20. The predicted octanol–water partition coefficient (Wildman–Crippen LogP) is 3.36. The van der Waals surface area contributed by atoms with Gasteiger partial charge in [-0.2, -0.15) is 5.10 Å². The number of pyridine rings is 1. The fraction of sp³-hybridized carbons (Fsp3) is 0.333. The van der Waals surface area contributed by atoms with E-state index in [0.717, 1.165) is 55.2 Å². The van der Waals surface area contributed by atoms with Crippen LogP contribution in [0.15, 0.2) is 48.8 Å². The number of carbonyl (C=O) groups is 1. The van der Waals surface area contributed by atoms with Gasteiger partial charge in [-0.25, -0.2) is 9.78 Å². The Morgan fingerprint density at radius 1 is 1.17 bits per heavy atom.